The molecular formula is C68H100O4. The van der Waals surface area contributed by atoms with Crippen LogP contribution in [0, 0.1) is 60.3 Å². The van der Waals surface area contributed by atoms with Crippen LogP contribution in [0.25, 0.3) is 0 Å². The number of benzene rings is 6. The molecule has 1 aliphatic carbocycles. The van der Waals surface area contributed by atoms with Crippen LogP contribution in [0.3, 0.4) is 0 Å². The Morgan fingerprint density at radius 1 is 0.333 bits per heavy atom. The summed E-state index contributed by atoms with van der Waals surface area (Å²) in [5, 5.41) is 0. The predicted octanol–water partition coefficient (Wildman–Crippen LogP) is 20.0. The van der Waals surface area contributed by atoms with Gasteiger partial charge in [-0.3, -0.25) is 0 Å². The van der Waals surface area contributed by atoms with Crippen LogP contribution >= 0.6 is 0 Å². The van der Waals surface area contributed by atoms with E-state index in [1.807, 2.05) is 74.5 Å². The van der Waals surface area contributed by atoms with E-state index in [0.717, 1.165) is 34.8 Å². The van der Waals surface area contributed by atoms with E-state index in [1.165, 1.54) is 93.3 Å². The Hall–Kier alpha value is -5.48. The van der Waals surface area contributed by atoms with Crippen molar-refractivity contribution in [2.24, 2.45) is 11.8 Å². The molecule has 0 aromatic heterocycles. The normalized spacial score (nSPS) is 11.7. The van der Waals surface area contributed by atoms with Gasteiger partial charge in [-0.25, -0.2) is 0 Å². The maximum Gasteiger partial charge on any atom is 0.124 e. The summed E-state index contributed by atoms with van der Waals surface area (Å²) in [4.78, 5) is 0. The summed E-state index contributed by atoms with van der Waals surface area (Å²) in [6, 6.07) is 43.9. The summed E-state index contributed by atoms with van der Waals surface area (Å²) in [7, 11) is 6.78. The van der Waals surface area contributed by atoms with Crippen LogP contribution in [-0.4, -0.2) is 28.4 Å². The lowest BCUT2D eigenvalue weighted by Crippen LogP contribution is -2.12. The lowest BCUT2D eigenvalue weighted by molar-refractivity contribution is 0.279. The average Bonchev–Trinajstić information content (AvgIpc) is 3.35. The van der Waals surface area contributed by atoms with E-state index in [-0.39, 0.29) is 0 Å². The largest absolute Gasteiger partial charge is 0.497 e. The molecule has 7 rings (SSSR count). The van der Waals surface area contributed by atoms with Crippen LogP contribution in [0.4, 0.5) is 0 Å². The van der Waals surface area contributed by atoms with Crippen molar-refractivity contribution >= 4 is 0 Å². The van der Waals surface area contributed by atoms with Gasteiger partial charge in [-0.1, -0.05) is 221 Å². The molecule has 1 fully saturated rings. The van der Waals surface area contributed by atoms with Gasteiger partial charge in [-0.15, -0.1) is 0 Å². The zero-order valence-corrected chi connectivity index (χ0v) is 49.3. The Balaban J connectivity index is 0.000000422. The van der Waals surface area contributed by atoms with Crippen molar-refractivity contribution in [1.29, 1.82) is 0 Å². The topological polar surface area (TPSA) is 36.9 Å². The van der Waals surface area contributed by atoms with Crippen LogP contribution in [0.5, 0.6) is 23.0 Å². The third kappa shape index (κ3) is 25.8. The van der Waals surface area contributed by atoms with E-state index in [4.69, 9.17) is 18.9 Å². The van der Waals surface area contributed by atoms with E-state index in [9.17, 15) is 0 Å². The molecule has 1 aliphatic rings. The first kappa shape index (κ1) is 64.5. The Labute approximate surface area is 442 Å². The Morgan fingerprint density at radius 2 is 0.708 bits per heavy atom. The highest BCUT2D eigenvalue weighted by Crippen LogP contribution is 2.30. The summed E-state index contributed by atoms with van der Waals surface area (Å²) < 4.78 is 20.4. The van der Waals surface area contributed by atoms with E-state index in [1.54, 1.807) is 28.4 Å². The van der Waals surface area contributed by atoms with E-state index >= 15 is 0 Å². The van der Waals surface area contributed by atoms with Gasteiger partial charge < -0.3 is 18.9 Å². The molecular weight excluding hydrogens is 881 g/mol. The van der Waals surface area contributed by atoms with Crippen LogP contribution < -0.4 is 18.9 Å². The highest BCUT2D eigenvalue weighted by molar-refractivity contribution is 5.44. The molecule has 72 heavy (non-hydrogen) atoms. The predicted molar refractivity (Wildman–Crippen MR) is 316 cm³/mol. The lowest BCUT2D eigenvalue weighted by Gasteiger charge is -2.24. The Morgan fingerprint density at radius 3 is 1.04 bits per heavy atom. The minimum atomic E-state index is 0.586. The highest BCUT2D eigenvalue weighted by Gasteiger charge is 2.16. The molecule has 6 aromatic rings. The first-order valence-electron chi connectivity index (χ1n) is 26.7. The minimum Gasteiger partial charge on any atom is -0.497 e. The molecule has 0 spiro atoms. The second-order valence-corrected chi connectivity index (χ2v) is 21.0. The Bertz CT molecular complexity index is 2250. The van der Waals surface area contributed by atoms with E-state index in [2.05, 4.69) is 171 Å². The molecule has 0 amide bonds. The van der Waals surface area contributed by atoms with Crippen molar-refractivity contribution in [3.05, 3.63) is 189 Å². The molecule has 0 N–H and O–H groups in total. The molecule has 0 atom stereocenters. The summed E-state index contributed by atoms with van der Waals surface area (Å²) >= 11 is 0. The van der Waals surface area contributed by atoms with Gasteiger partial charge in [0, 0.05) is 0 Å². The number of para-hydroxylation sites is 2. The fraction of sp³-hybridized carbons (Fsp3) is 0.471. The van der Waals surface area contributed by atoms with E-state index in [0.29, 0.717) is 23.7 Å². The van der Waals surface area contributed by atoms with Gasteiger partial charge in [0.05, 0.1) is 28.4 Å². The van der Waals surface area contributed by atoms with Crippen molar-refractivity contribution < 1.29 is 18.9 Å². The third-order valence-corrected chi connectivity index (χ3v) is 13.0. The standard InChI is InChI=1S/C12H18O.C11H16.C10H14O.C10H14.C9H12O.C9H18.C7H8O/c1-8(2)11-6-9(3)12(13-5)10(4)7-11;1-8(2)11-6-9(3)5-10(4)7-11;1-8(2)9-4-6-10(11-3)7-5-9;1-8(2)10-6-4-9(3)5-7-10;1-7-5-4-6-8(2)9(7)10-3;1-8(2)9-6-4-3-5-7-9;1-8-7-5-3-2-4-6-7/h6-8H,1-5H3;5-8H,1-4H3;4-8H,1-3H3;4-8H,1-3H3;4-6H,1-3H3;8-9H,3-7H2,1-2H3;2-6H,1H3. The van der Waals surface area contributed by atoms with Crippen molar-refractivity contribution in [2.75, 3.05) is 28.4 Å². The van der Waals surface area contributed by atoms with Crippen molar-refractivity contribution in [3.8, 4) is 23.0 Å². The van der Waals surface area contributed by atoms with Crippen molar-refractivity contribution in [1.82, 2.24) is 0 Å². The van der Waals surface area contributed by atoms with Crippen molar-refractivity contribution in [2.45, 2.75) is 173 Å². The van der Waals surface area contributed by atoms with Crippen LogP contribution in [0.1, 0.15) is 186 Å². The summed E-state index contributed by atoms with van der Waals surface area (Å²) in [5.41, 5.74) is 14.5. The number of hydrogen-bond acceptors (Lipinski definition) is 4. The molecule has 4 heteroatoms. The van der Waals surface area contributed by atoms with Gasteiger partial charge in [0.15, 0.2) is 0 Å². The van der Waals surface area contributed by atoms with Crippen molar-refractivity contribution in [3.63, 3.8) is 0 Å². The molecule has 4 nitrogen and oxygen atoms in total. The van der Waals surface area contributed by atoms with Gasteiger partial charge in [0.2, 0.25) is 0 Å². The smallest absolute Gasteiger partial charge is 0.124 e. The highest BCUT2D eigenvalue weighted by atomic mass is 16.5. The second-order valence-electron chi connectivity index (χ2n) is 21.0. The summed E-state index contributed by atoms with van der Waals surface area (Å²) in [6.45, 7) is 37.1. The quantitative estimate of drug-likeness (QED) is 0.145. The fourth-order valence-corrected chi connectivity index (χ4v) is 8.40. The number of hydrogen-bond donors (Lipinski definition) is 0. The zero-order chi connectivity index (χ0) is 54.3. The number of rotatable bonds is 9. The first-order valence-corrected chi connectivity index (χ1v) is 26.7. The molecule has 396 valence electrons. The van der Waals surface area contributed by atoms with Gasteiger partial charge in [-0.05, 0) is 153 Å². The van der Waals surface area contributed by atoms with Gasteiger partial charge in [0.25, 0.3) is 0 Å². The van der Waals surface area contributed by atoms with Crippen LogP contribution in [0.15, 0.2) is 127 Å². The molecule has 0 saturated heterocycles. The summed E-state index contributed by atoms with van der Waals surface area (Å²) in [6.07, 6.45) is 7.46. The number of aryl methyl sites for hydroxylation is 7. The average molecular weight is 982 g/mol. The zero-order valence-electron chi connectivity index (χ0n) is 49.3. The van der Waals surface area contributed by atoms with Gasteiger partial charge >= 0.3 is 0 Å². The number of methoxy groups -OCH3 is 4. The SMILES string of the molecule is CC(C)C1CCCCC1.COc1c(C)cc(C(C)C)cc1C.COc1c(C)cccc1C.COc1ccc(C(C)C)cc1.COc1ccccc1.Cc1cc(C)cc(C(C)C)c1.Cc1ccc(C(C)C)cc1. The lowest BCUT2D eigenvalue weighted by atomic mass is 9.82. The molecule has 6 aromatic carbocycles. The van der Waals surface area contributed by atoms with Gasteiger partial charge in [-0.2, -0.15) is 0 Å². The maximum absolute atomic E-state index is 5.31. The number of ether oxygens (including phenoxy) is 4. The molecule has 0 heterocycles. The molecule has 0 unspecified atom stereocenters. The second kappa shape index (κ2) is 35.6. The summed E-state index contributed by atoms with van der Waals surface area (Å²) in [5.74, 6) is 8.33. The fourth-order valence-electron chi connectivity index (χ4n) is 8.40. The van der Waals surface area contributed by atoms with Crippen LogP contribution in [-0.2, 0) is 0 Å². The molecule has 1 saturated carbocycles. The molecule has 0 radical (unpaired) electrons. The maximum atomic E-state index is 5.31. The molecule has 0 bridgehead atoms. The minimum absolute atomic E-state index is 0.586. The van der Waals surface area contributed by atoms with E-state index < -0.39 is 0 Å². The van der Waals surface area contributed by atoms with Gasteiger partial charge in [0.1, 0.15) is 23.0 Å². The Kier molecular flexibility index (Phi) is 31.9. The van der Waals surface area contributed by atoms with Crippen LogP contribution in [0.2, 0.25) is 0 Å². The molecule has 0 aliphatic heterocycles. The third-order valence-electron chi connectivity index (χ3n) is 13.0. The monoisotopic (exact) mass is 981 g/mol. The first-order chi connectivity index (χ1) is 34.1.